The maximum atomic E-state index is 12.5. The van der Waals surface area contributed by atoms with Crippen LogP contribution in [-0.2, 0) is 19.7 Å². The fraction of sp³-hybridized carbons (Fsp3) is 0.500. The predicted octanol–water partition coefficient (Wildman–Crippen LogP) is 3.13. The number of Topliss-reactive ketones (excluding diaryl/α,β-unsaturated/α-hetero) is 1. The van der Waals surface area contributed by atoms with Gasteiger partial charge >= 0.3 is 5.97 Å². The molecule has 2 N–H and O–H groups in total. The number of ketones is 1. The van der Waals surface area contributed by atoms with E-state index in [4.69, 9.17) is 15.2 Å². The summed E-state index contributed by atoms with van der Waals surface area (Å²) in [5.74, 6) is -0.542. The maximum absolute atomic E-state index is 12.5. The highest BCUT2D eigenvalue weighted by molar-refractivity contribution is 7.17. The highest BCUT2D eigenvalue weighted by Crippen LogP contribution is 2.48. The molecule has 0 spiro atoms. The quantitative estimate of drug-likeness (QED) is 0.523. The summed E-state index contributed by atoms with van der Waals surface area (Å²) in [4.78, 5) is 25.7. The Labute approximate surface area is 134 Å². The number of nitrogens with two attached hydrogens (primary N) is 1. The molecule has 0 aromatic carbocycles. The SMILES string of the molecule is CCOC=C1C(=O)CC(C)(C)c2sc(N)c(C(=O)OCC)c21. The summed E-state index contributed by atoms with van der Waals surface area (Å²) >= 11 is 1.35. The standard InChI is InChI=1S/C16H21NO4S/c1-5-20-8-9-10(18)7-16(3,4)13-11(9)12(14(17)22-13)15(19)21-6-2/h8H,5-7,17H2,1-4H3. The molecule has 0 saturated heterocycles. The first kappa shape index (κ1) is 16.5. The molecule has 5 nitrogen and oxygen atoms in total. The van der Waals surface area contributed by atoms with Crippen LogP contribution in [-0.4, -0.2) is 25.0 Å². The monoisotopic (exact) mass is 323 g/mol. The zero-order valence-electron chi connectivity index (χ0n) is 13.3. The van der Waals surface area contributed by atoms with Crippen LogP contribution in [0.25, 0.3) is 5.57 Å². The molecule has 0 amide bonds. The van der Waals surface area contributed by atoms with Gasteiger partial charge in [0.15, 0.2) is 5.78 Å². The molecular weight excluding hydrogens is 302 g/mol. The zero-order valence-corrected chi connectivity index (χ0v) is 14.1. The summed E-state index contributed by atoms with van der Waals surface area (Å²) in [6, 6.07) is 0. The number of carbonyl (C=O) groups excluding carboxylic acids is 2. The normalized spacial score (nSPS) is 18.2. The van der Waals surface area contributed by atoms with Crippen LogP contribution in [0.5, 0.6) is 0 Å². The van der Waals surface area contributed by atoms with E-state index in [-0.39, 0.29) is 23.4 Å². The van der Waals surface area contributed by atoms with Gasteiger partial charge in [0.1, 0.15) is 10.6 Å². The van der Waals surface area contributed by atoms with Gasteiger partial charge in [-0.15, -0.1) is 11.3 Å². The molecule has 1 heterocycles. The Balaban J connectivity index is 2.68. The van der Waals surface area contributed by atoms with E-state index in [1.807, 2.05) is 20.8 Å². The molecule has 0 unspecified atom stereocenters. The number of nitrogen functional groups attached to an aromatic ring is 1. The van der Waals surface area contributed by atoms with Crippen molar-refractivity contribution in [3.05, 3.63) is 22.3 Å². The van der Waals surface area contributed by atoms with E-state index in [0.29, 0.717) is 29.2 Å². The van der Waals surface area contributed by atoms with Crippen molar-refractivity contribution in [1.29, 1.82) is 0 Å². The van der Waals surface area contributed by atoms with Gasteiger partial charge in [-0.1, -0.05) is 13.8 Å². The number of thiophene rings is 1. The maximum Gasteiger partial charge on any atom is 0.341 e. The van der Waals surface area contributed by atoms with Crippen molar-refractivity contribution in [3.8, 4) is 0 Å². The lowest BCUT2D eigenvalue weighted by molar-refractivity contribution is -0.115. The molecule has 120 valence electrons. The summed E-state index contributed by atoms with van der Waals surface area (Å²) in [7, 11) is 0. The van der Waals surface area contributed by atoms with Crippen molar-refractivity contribution in [2.24, 2.45) is 0 Å². The molecular formula is C16H21NO4S. The smallest absolute Gasteiger partial charge is 0.341 e. The van der Waals surface area contributed by atoms with Gasteiger partial charge in [0, 0.05) is 22.3 Å². The predicted molar refractivity (Wildman–Crippen MR) is 86.9 cm³/mol. The van der Waals surface area contributed by atoms with Crippen molar-refractivity contribution in [1.82, 2.24) is 0 Å². The first-order chi connectivity index (χ1) is 10.3. The minimum Gasteiger partial charge on any atom is -0.501 e. The van der Waals surface area contributed by atoms with Crippen molar-refractivity contribution in [2.75, 3.05) is 18.9 Å². The summed E-state index contributed by atoms with van der Waals surface area (Å²) < 4.78 is 10.4. The largest absolute Gasteiger partial charge is 0.501 e. The fourth-order valence-electron chi connectivity index (χ4n) is 2.60. The molecule has 2 rings (SSSR count). The van der Waals surface area contributed by atoms with Gasteiger partial charge in [0.2, 0.25) is 0 Å². The molecule has 1 aromatic rings. The van der Waals surface area contributed by atoms with E-state index < -0.39 is 5.97 Å². The van der Waals surface area contributed by atoms with Crippen LogP contribution in [0.2, 0.25) is 0 Å². The van der Waals surface area contributed by atoms with Crippen LogP contribution in [0.15, 0.2) is 6.26 Å². The van der Waals surface area contributed by atoms with Gasteiger partial charge in [0.05, 0.1) is 25.0 Å². The van der Waals surface area contributed by atoms with E-state index in [2.05, 4.69) is 0 Å². The van der Waals surface area contributed by atoms with E-state index in [1.54, 1.807) is 6.92 Å². The van der Waals surface area contributed by atoms with Crippen LogP contribution < -0.4 is 5.73 Å². The number of hydrogen-bond donors (Lipinski definition) is 1. The second kappa shape index (κ2) is 6.12. The third kappa shape index (κ3) is 2.75. The van der Waals surface area contributed by atoms with Gasteiger partial charge < -0.3 is 15.2 Å². The molecule has 0 fully saturated rings. The Kier molecular flexibility index (Phi) is 4.60. The second-order valence-corrected chi connectivity index (χ2v) is 6.79. The number of anilines is 1. The lowest BCUT2D eigenvalue weighted by Gasteiger charge is -2.30. The Morgan fingerprint density at radius 1 is 1.36 bits per heavy atom. The van der Waals surface area contributed by atoms with Crippen LogP contribution in [0.3, 0.4) is 0 Å². The molecule has 0 atom stereocenters. The minimum absolute atomic E-state index is 0.0469. The third-order valence-corrected chi connectivity index (χ3v) is 4.95. The zero-order chi connectivity index (χ0) is 16.5. The van der Waals surface area contributed by atoms with Crippen LogP contribution in [0.4, 0.5) is 5.00 Å². The van der Waals surface area contributed by atoms with Crippen molar-refractivity contribution >= 4 is 33.7 Å². The number of ether oxygens (including phenoxy) is 2. The number of carbonyl (C=O) groups is 2. The average Bonchev–Trinajstić information content (AvgIpc) is 2.77. The highest BCUT2D eigenvalue weighted by Gasteiger charge is 2.41. The molecule has 1 aromatic heterocycles. The number of allylic oxidation sites excluding steroid dienone is 1. The Morgan fingerprint density at radius 3 is 2.64 bits per heavy atom. The lowest BCUT2D eigenvalue weighted by Crippen LogP contribution is -2.28. The van der Waals surface area contributed by atoms with Gasteiger partial charge in [-0.2, -0.15) is 0 Å². The topological polar surface area (TPSA) is 78.6 Å². The van der Waals surface area contributed by atoms with Crippen LogP contribution in [0.1, 0.15) is 54.9 Å². The third-order valence-electron chi connectivity index (χ3n) is 3.57. The number of hydrogen-bond acceptors (Lipinski definition) is 6. The van der Waals surface area contributed by atoms with Crippen LogP contribution >= 0.6 is 11.3 Å². The lowest BCUT2D eigenvalue weighted by atomic mass is 9.74. The van der Waals surface area contributed by atoms with E-state index in [0.717, 1.165) is 4.88 Å². The van der Waals surface area contributed by atoms with Crippen LogP contribution in [0, 0.1) is 0 Å². The number of rotatable bonds is 4. The summed E-state index contributed by atoms with van der Waals surface area (Å²) in [6.45, 7) is 8.23. The molecule has 0 aliphatic heterocycles. The second-order valence-electron chi connectivity index (χ2n) is 5.74. The van der Waals surface area contributed by atoms with Gasteiger partial charge in [0.25, 0.3) is 0 Å². The van der Waals surface area contributed by atoms with Gasteiger partial charge in [-0.25, -0.2) is 4.79 Å². The van der Waals surface area contributed by atoms with E-state index in [9.17, 15) is 9.59 Å². The molecule has 1 aliphatic carbocycles. The Bertz CT molecular complexity index is 643. The minimum atomic E-state index is -0.495. The van der Waals surface area contributed by atoms with E-state index in [1.165, 1.54) is 17.6 Å². The fourth-order valence-corrected chi connectivity index (χ4v) is 3.77. The summed E-state index contributed by atoms with van der Waals surface area (Å²) in [5, 5.41) is 0.383. The first-order valence-corrected chi connectivity index (χ1v) is 8.10. The number of esters is 1. The number of fused-ring (bicyclic) bond motifs is 1. The first-order valence-electron chi connectivity index (χ1n) is 7.28. The molecule has 0 radical (unpaired) electrons. The Morgan fingerprint density at radius 2 is 2.05 bits per heavy atom. The molecule has 1 aliphatic rings. The van der Waals surface area contributed by atoms with Crippen molar-refractivity contribution < 1.29 is 19.1 Å². The highest BCUT2D eigenvalue weighted by atomic mass is 32.1. The molecule has 22 heavy (non-hydrogen) atoms. The molecule has 0 saturated carbocycles. The average molecular weight is 323 g/mol. The van der Waals surface area contributed by atoms with Gasteiger partial charge in [-0.05, 0) is 13.8 Å². The summed E-state index contributed by atoms with van der Waals surface area (Å²) in [6.07, 6.45) is 1.80. The van der Waals surface area contributed by atoms with Crippen molar-refractivity contribution in [3.63, 3.8) is 0 Å². The summed E-state index contributed by atoms with van der Waals surface area (Å²) in [5.41, 5.74) is 6.96. The van der Waals surface area contributed by atoms with Gasteiger partial charge in [-0.3, -0.25) is 4.79 Å². The van der Waals surface area contributed by atoms with Crippen molar-refractivity contribution in [2.45, 2.75) is 39.5 Å². The molecule has 6 heteroatoms. The van der Waals surface area contributed by atoms with E-state index >= 15 is 0 Å². The Hall–Kier alpha value is -1.82. The molecule has 0 bridgehead atoms.